The van der Waals surface area contributed by atoms with E-state index >= 15 is 0 Å². The molecule has 36 heteroatoms. The van der Waals surface area contributed by atoms with Gasteiger partial charge in [-0.1, -0.05) is 209 Å². The van der Waals surface area contributed by atoms with Crippen molar-refractivity contribution in [2.24, 2.45) is 5.73 Å². The molecule has 2 saturated heterocycles. The molecule has 12 aromatic rings. The van der Waals surface area contributed by atoms with Gasteiger partial charge in [0.25, 0.3) is 5.91 Å². The molecule has 648 valence electrons. The van der Waals surface area contributed by atoms with E-state index in [1.54, 1.807) is 181 Å². The molecular formula is C89H83Cl9LiN11O15. The summed E-state index contributed by atoms with van der Waals surface area (Å²) in [6.07, 6.45) is 0.912. The van der Waals surface area contributed by atoms with E-state index in [4.69, 9.17) is 115 Å². The van der Waals surface area contributed by atoms with Crippen LogP contribution in [0.25, 0.3) is 56.6 Å². The number of hydrogen-bond acceptors (Lipinski definition) is 19. The van der Waals surface area contributed by atoms with Crippen molar-refractivity contribution in [3.05, 3.63) is 322 Å². The molecule has 2 aliphatic heterocycles. The fourth-order valence-corrected chi connectivity index (χ4v) is 12.3. The number of carbonyl (C=O) groups excluding carboxylic acids is 8. The Morgan fingerprint density at radius 2 is 0.824 bits per heavy atom. The molecule has 0 aliphatic carbocycles. The SMILES string of the molecule is C.CC(=O)c1cccc(Cl)c1.CCOC(=O)/C=C(\[O-])c1cccc(Cl)c1.CCOC(=O)C(=O)OCC.CCOC(=O)c1cc(-c2cccc(Cl)c2)n(-c2cccc(Cl)c2)n1.NCc1cccc(Cl)c1.O=C(O)c1cc(-c2cccc(Cl)c2)n(-c2cccc(Cl)c2)n1.O=C1CN(C(=O)c2cc(-c3cccc(Cl)c3)n(-c3cccc(Cl)c3)n2)CN1.O=C1CNCN1.[Li+]. The largest absolute Gasteiger partial charge is 1.00 e. The number of hydrogen-bond donors (Lipinski definition) is 5. The smallest absolute Gasteiger partial charge is 0.872 e. The van der Waals surface area contributed by atoms with E-state index in [9.17, 15) is 53.4 Å². The minimum atomic E-state index is -1.09. The molecule has 0 spiro atoms. The molecule has 26 nitrogen and oxygen atoms in total. The van der Waals surface area contributed by atoms with Crippen molar-refractivity contribution in [3.8, 4) is 50.8 Å². The maximum Gasteiger partial charge on any atom is 1.00 e. The molecule has 14 rings (SSSR count). The Bertz CT molecular complexity index is 5500. The summed E-state index contributed by atoms with van der Waals surface area (Å²) >= 11 is 53.5. The van der Waals surface area contributed by atoms with Gasteiger partial charge in [0.1, 0.15) is 6.54 Å². The summed E-state index contributed by atoms with van der Waals surface area (Å²) < 4.78 is 23.2. The van der Waals surface area contributed by atoms with Gasteiger partial charge in [0, 0.05) is 80.1 Å². The number of Topliss-reactive ketones (excluding diaryl/α,β-unsaturated/α-hetero) is 1. The Morgan fingerprint density at radius 1 is 0.456 bits per heavy atom. The number of ether oxygens (including phenoxy) is 4. The Hall–Kier alpha value is -11.3. The fraction of sp³-hybridized carbons (Fsp3) is 0.169. The first kappa shape index (κ1) is 104. The average Bonchev–Trinajstić information content (AvgIpc) is 1.66. The number of carbonyl (C=O) groups is 9. The summed E-state index contributed by atoms with van der Waals surface area (Å²) in [5, 5.41) is 46.9. The van der Waals surface area contributed by atoms with Crippen LogP contribution < -0.4 is 45.7 Å². The fourth-order valence-electron chi connectivity index (χ4n) is 10.6. The van der Waals surface area contributed by atoms with Crippen LogP contribution in [0.1, 0.15) is 95.0 Å². The van der Waals surface area contributed by atoms with Crippen LogP contribution in [0.4, 0.5) is 0 Å². The topological polar surface area (TPSA) is 353 Å². The molecule has 3 amide bonds. The molecule has 0 atom stereocenters. The van der Waals surface area contributed by atoms with E-state index in [1.165, 1.54) is 24.0 Å². The van der Waals surface area contributed by atoms with Crippen LogP contribution in [0.3, 0.4) is 0 Å². The quantitative estimate of drug-likeness (QED) is 0.0107. The van der Waals surface area contributed by atoms with Crippen molar-refractivity contribution in [1.29, 1.82) is 0 Å². The second kappa shape index (κ2) is 53.8. The third-order valence-corrected chi connectivity index (χ3v) is 18.2. The summed E-state index contributed by atoms with van der Waals surface area (Å²) in [7, 11) is 0. The van der Waals surface area contributed by atoms with Gasteiger partial charge >= 0.3 is 48.7 Å². The zero-order chi connectivity index (χ0) is 89.7. The van der Waals surface area contributed by atoms with E-state index < -0.39 is 35.6 Å². The predicted molar refractivity (Wildman–Crippen MR) is 482 cm³/mol. The Labute approximate surface area is 778 Å². The number of ketones is 1. The van der Waals surface area contributed by atoms with Crippen LogP contribution in [-0.4, -0.2) is 146 Å². The molecule has 9 aromatic carbocycles. The Morgan fingerprint density at radius 3 is 1.16 bits per heavy atom. The van der Waals surface area contributed by atoms with Crippen LogP contribution >= 0.6 is 104 Å². The average molecular weight is 1870 g/mol. The standard InChI is InChI=1S/C19H14Cl2N4O2.C18H14Cl2N2O2.C16H10Cl2N2O2.C11H11ClO3.C8H7ClO.C7H8ClN.C6H10O4.C3H6N2O.CH4.Li/c20-13-4-1-3-12(7-13)17-9-16(19(27)24-10-18(26)22-11-24)23-25(17)15-6-2-5-14(21)8-15;1-2-24-18(23)16-11-17(12-5-3-6-13(19)9-12)22(21-16)15-8-4-7-14(20)10-15;17-11-4-1-3-10(7-11)15-9-14(16(21)22)19-20(15)13-6-2-5-12(18)8-13;1-2-15-11(14)7-10(13)8-4-3-5-9(12)6-8;1-6(10)7-3-2-4-8(9)5-7;8-7-3-1-2-6(4-7)5-9;1-3-9-5(7)6(8)10-4-2;6-3-1-4-2-5-3;;/h1-9H,10-11H2,(H,22,26);3-11H,2H2,1H3;1-9H,(H,21,22);3-7,13H,2H2,1H3;2-5H,1H3;1-4H,5,9H2;3-4H2,1-2H3;4H,1-2H2,(H,5,6);1H4;/q;;;;;;;;;+1/p-1/b;;;10-7-;;;;;;. The maximum absolute atomic E-state index is 12.8. The second-order valence-electron chi connectivity index (χ2n) is 25.1. The minimum absolute atomic E-state index is 0. The number of rotatable bonds is 17. The number of halogens is 9. The first-order valence-electron chi connectivity index (χ1n) is 37.1. The number of nitrogens with zero attached hydrogens (tertiary/aromatic N) is 7. The number of carboxylic acid groups (broad SMARTS) is 1. The normalized spacial score (nSPS) is 11.4. The van der Waals surface area contributed by atoms with Gasteiger partial charge in [0.2, 0.25) is 11.8 Å². The number of nitrogens with two attached hydrogens (primary N) is 1. The molecule has 6 N–H and O–H groups in total. The predicted octanol–water partition coefficient (Wildman–Crippen LogP) is 15.3. The monoisotopic (exact) mass is 1870 g/mol. The van der Waals surface area contributed by atoms with Crippen LogP contribution in [-0.2, 0) is 49.5 Å². The third-order valence-electron chi connectivity index (χ3n) is 16.1. The van der Waals surface area contributed by atoms with E-state index in [0.717, 1.165) is 44.7 Å². The van der Waals surface area contributed by atoms with E-state index in [0.29, 0.717) is 93.8 Å². The van der Waals surface area contributed by atoms with Gasteiger partial charge in [-0.2, -0.15) is 15.3 Å². The molecule has 125 heavy (non-hydrogen) atoms. The van der Waals surface area contributed by atoms with Gasteiger partial charge in [0.05, 0.1) is 80.5 Å². The van der Waals surface area contributed by atoms with Crippen LogP contribution in [0.5, 0.6) is 0 Å². The number of carboxylic acids is 1. The minimum Gasteiger partial charge on any atom is -0.872 e. The van der Waals surface area contributed by atoms with Crippen LogP contribution in [0.15, 0.2) is 243 Å². The van der Waals surface area contributed by atoms with Crippen LogP contribution in [0.2, 0.25) is 45.2 Å². The summed E-state index contributed by atoms with van der Waals surface area (Å²) in [5.74, 6) is -4.83. The number of aromatic nitrogens is 6. The Kier molecular flexibility index (Phi) is 44.9. The van der Waals surface area contributed by atoms with Crippen molar-refractivity contribution in [3.63, 3.8) is 0 Å². The molecular weight excluding hydrogens is 1790 g/mol. The summed E-state index contributed by atoms with van der Waals surface area (Å²) in [4.78, 5) is 102. The molecule has 3 aromatic heterocycles. The first-order valence-corrected chi connectivity index (χ1v) is 40.5. The zero-order valence-electron chi connectivity index (χ0n) is 67.2. The zero-order valence-corrected chi connectivity index (χ0v) is 74.0. The van der Waals surface area contributed by atoms with Gasteiger partial charge < -0.3 is 50.4 Å². The maximum atomic E-state index is 12.8. The number of benzene rings is 9. The van der Waals surface area contributed by atoms with Crippen molar-refractivity contribution in [2.75, 3.05) is 52.9 Å². The number of aromatic carboxylic acids is 1. The van der Waals surface area contributed by atoms with Gasteiger partial charge in [-0.3, -0.25) is 24.5 Å². The summed E-state index contributed by atoms with van der Waals surface area (Å²) in [6.45, 7) is 11.0. The molecule has 0 saturated carbocycles. The molecule has 0 unspecified atom stereocenters. The van der Waals surface area contributed by atoms with E-state index in [2.05, 4.69) is 45.5 Å². The molecule has 0 radical (unpaired) electrons. The van der Waals surface area contributed by atoms with E-state index in [1.807, 2.05) is 84.9 Å². The van der Waals surface area contributed by atoms with Crippen molar-refractivity contribution < 1.29 is 91.2 Å². The molecule has 2 fully saturated rings. The van der Waals surface area contributed by atoms with E-state index in [-0.39, 0.29) is 107 Å². The summed E-state index contributed by atoms with van der Waals surface area (Å²) in [5.41, 5.74) is 14.5. The number of esters is 4. The summed E-state index contributed by atoms with van der Waals surface area (Å²) in [6, 6.07) is 69.0. The number of nitrogens with one attached hydrogen (secondary N) is 3. The van der Waals surface area contributed by atoms with Crippen molar-refractivity contribution >= 4 is 164 Å². The second-order valence-corrected chi connectivity index (χ2v) is 29.0. The van der Waals surface area contributed by atoms with Gasteiger partial charge in [0.15, 0.2) is 22.9 Å². The molecule has 0 bridgehead atoms. The molecule has 5 heterocycles. The van der Waals surface area contributed by atoms with Gasteiger partial charge in [-0.15, -0.1) is 0 Å². The third kappa shape index (κ3) is 34.3. The first-order chi connectivity index (χ1) is 58.9. The molecule has 2 aliphatic rings. The number of amides is 3. The Balaban J connectivity index is 0.000000264. The van der Waals surface area contributed by atoms with Crippen LogP contribution in [0, 0.1) is 0 Å². The van der Waals surface area contributed by atoms with Gasteiger partial charge in [-0.05, 0) is 191 Å². The van der Waals surface area contributed by atoms with Crippen molar-refractivity contribution in [1.82, 2.24) is 50.2 Å². The van der Waals surface area contributed by atoms with Gasteiger partial charge in [-0.25, -0.2) is 38.0 Å². The van der Waals surface area contributed by atoms with Crippen molar-refractivity contribution in [2.45, 2.75) is 48.6 Å².